The lowest BCUT2D eigenvalue weighted by molar-refractivity contribution is -0.277. The van der Waals surface area contributed by atoms with E-state index in [9.17, 15) is 86.3 Å². The van der Waals surface area contributed by atoms with Crippen molar-refractivity contribution in [3.05, 3.63) is 0 Å². The van der Waals surface area contributed by atoms with E-state index < -0.39 is 251 Å². The molecule has 3 fully saturated rings. The molecule has 0 aromatic carbocycles. The summed E-state index contributed by atoms with van der Waals surface area (Å²) in [5.41, 5.74) is 5.84. The number of esters is 9. The molecule has 0 spiro atoms. The average molecular weight is 1650 g/mol. The number of carbonyl (C=O) groups excluding carboxylic acids is 18. The van der Waals surface area contributed by atoms with E-state index in [1.165, 1.54) is 25.7 Å². The molecule has 8 amide bonds. The number of hydrogen-bond donors (Lipinski definition) is 9. The first-order valence-electron chi connectivity index (χ1n) is 37.8. The molecule has 43 nitrogen and oxygen atoms in total. The maximum atomic E-state index is 14.3. The molecule has 0 saturated carbocycles. The van der Waals surface area contributed by atoms with E-state index >= 15 is 0 Å². The van der Waals surface area contributed by atoms with Crippen LogP contribution in [-0.4, -0.2) is 302 Å². The smallest absolute Gasteiger partial charge is 0.303 e. The van der Waals surface area contributed by atoms with Gasteiger partial charge in [0.05, 0.1) is 32.2 Å². The lowest BCUT2D eigenvalue weighted by Crippen LogP contribution is -2.66. The predicted molar refractivity (Wildman–Crippen MR) is 390 cm³/mol. The SMILES string of the molecule is CC(=O)NC1[C@H](OCCCCCNC(=O)CNC(=O)C(CCCCN)N(CC(=O)CCC(=O)NCCCCO[C@@H]2OC(COC(C)=O)[C@H](OC(C)=O)[C@H](OC(C)=O)C2NC(C)=O)CC(=O)NCC(=O)NCCCCO[C@@H]2OC(COC(C)=O)[C@H](OC(C)=O)[C@H](OC(C)=O)C2NC(C)=O)OC(COC(C)=O)[C@H](OC(C)=O)[C@@H]1OC(C)=O. The van der Waals surface area contributed by atoms with E-state index in [4.69, 9.17) is 76.8 Å². The van der Waals surface area contributed by atoms with E-state index in [2.05, 4.69) is 42.5 Å². The van der Waals surface area contributed by atoms with Crippen LogP contribution >= 0.6 is 0 Å². The number of rotatable bonds is 51. The molecule has 43 heteroatoms. The Balaban J connectivity index is 1.72. The van der Waals surface area contributed by atoms with Crippen molar-refractivity contribution in [3.8, 4) is 0 Å². The molecule has 16 atom stereocenters. The first-order valence-corrected chi connectivity index (χ1v) is 37.8. The Labute approximate surface area is 665 Å². The Morgan fingerprint density at radius 1 is 0.348 bits per heavy atom. The number of unbranched alkanes of at least 4 members (excludes halogenated alkanes) is 5. The molecule has 0 aromatic rings. The van der Waals surface area contributed by atoms with Crippen LogP contribution in [0.25, 0.3) is 0 Å². The van der Waals surface area contributed by atoms with Gasteiger partial charge >= 0.3 is 53.7 Å². The third kappa shape index (κ3) is 40.0. The molecule has 10 N–H and O–H groups in total. The van der Waals surface area contributed by atoms with Gasteiger partial charge < -0.3 is 119 Å². The first-order chi connectivity index (χ1) is 54.4. The maximum Gasteiger partial charge on any atom is 0.303 e. The van der Waals surface area contributed by atoms with Crippen molar-refractivity contribution in [1.29, 1.82) is 0 Å². The normalized spacial score (nSPS) is 23.1. The molecule has 7 unspecified atom stereocenters. The number of Topliss-reactive ketones (excluding diaryl/α,β-unsaturated/α-hetero) is 1. The van der Waals surface area contributed by atoms with Crippen molar-refractivity contribution < 1.29 is 157 Å². The Kier molecular flexibility index (Phi) is 46.3. The second-order valence-electron chi connectivity index (χ2n) is 27.0. The van der Waals surface area contributed by atoms with Gasteiger partial charge in [0.1, 0.15) is 62.0 Å². The number of nitrogens with two attached hydrogens (primary N) is 1. The van der Waals surface area contributed by atoms with Gasteiger partial charge in [0.25, 0.3) is 0 Å². The average Bonchev–Trinajstić information content (AvgIpc) is 0.799. The van der Waals surface area contributed by atoms with Crippen LogP contribution in [0, 0.1) is 0 Å². The fraction of sp³-hybridized carbons (Fsp3) is 0.750. The van der Waals surface area contributed by atoms with Gasteiger partial charge in [-0.15, -0.1) is 0 Å². The van der Waals surface area contributed by atoms with Gasteiger partial charge in [-0.3, -0.25) is 91.2 Å². The van der Waals surface area contributed by atoms with E-state index in [0.29, 0.717) is 38.5 Å². The van der Waals surface area contributed by atoms with E-state index in [-0.39, 0.29) is 84.5 Å². The Morgan fingerprint density at radius 3 is 1.02 bits per heavy atom. The zero-order valence-electron chi connectivity index (χ0n) is 67.1. The summed E-state index contributed by atoms with van der Waals surface area (Å²) in [4.78, 5) is 229. The number of amides is 8. The van der Waals surface area contributed by atoms with E-state index in [1.807, 2.05) is 0 Å². The van der Waals surface area contributed by atoms with Crippen molar-refractivity contribution in [3.63, 3.8) is 0 Å². The molecular formula is C72H114N10O33. The Hall–Kier alpha value is -9.66. The number of carbonyl (C=O) groups is 18. The summed E-state index contributed by atoms with van der Waals surface area (Å²) >= 11 is 0. The van der Waals surface area contributed by atoms with Crippen LogP contribution in [0.2, 0.25) is 0 Å². The number of nitrogens with one attached hydrogen (secondary N) is 8. The molecule has 0 bridgehead atoms. The number of ether oxygens (including phenoxy) is 15. The van der Waals surface area contributed by atoms with Crippen molar-refractivity contribution in [2.75, 3.05) is 92.0 Å². The molecule has 0 aliphatic carbocycles. The Bertz CT molecular complexity index is 3140. The van der Waals surface area contributed by atoms with Crippen LogP contribution in [-0.2, 0) is 157 Å². The summed E-state index contributed by atoms with van der Waals surface area (Å²) in [5, 5.41) is 20.9. The summed E-state index contributed by atoms with van der Waals surface area (Å²) in [6.07, 6.45) is -13.4. The highest BCUT2D eigenvalue weighted by atomic mass is 16.7. The van der Waals surface area contributed by atoms with Gasteiger partial charge in [-0.25, -0.2) is 0 Å². The quantitative estimate of drug-likeness (QED) is 0.0162. The van der Waals surface area contributed by atoms with Gasteiger partial charge in [-0.05, 0) is 64.3 Å². The minimum absolute atomic E-state index is 0.00560. The number of ketones is 1. The summed E-state index contributed by atoms with van der Waals surface area (Å²) in [6.45, 7) is 10.1. The topological polar surface area (TPSA) is 571 Å². The van der Waals surface area contributed by atoms with E-state index in [1.54, 1.807) is 0 Å². The number of nitrogens with zero attached hydrogens (tertiary/aromatic N) is 1. The third-order valence-corrected chi connectivity index (χ3v) is 16.9. The Morgan fingerprint density at radius 2 is 0.678 bits per heavy atom. The third-order valence-electron chi connectivity index (χ3n) is 16.9. The highest BCUT2D eigenvalue weighted by molar-refractivity contribution is 5.91. The van der Waals surface area contributed by atoms with Crippen LogP contribution in [0.3, 0.4) is 0 Å². The van der Waals surface area contributed by atoms with Crippen LogP contribution < -0.4 is 48.3 Å². The molecular weight excluding hydrogens is 1530 g/mol. The van der Waals surface area contributed by atoms with E-state index in [0.717, 1.165) is 62.3 Å². The molecule has 3 rings (SSSR count). The molecule has 650 valence electrons. The van der Waals surface area contributed by atoms with Crippen LogP contribution in [0.5, 0.6) is 0 Å². The standard InChI is InChI=1S/C72H114N10O33/c1-39(83)79-60-66(110-48(10)92)63(107-45(7)89)53(36-104-42(4)86)113-70(60)101-29-19-13-16-26-75-58(98)33-78-69(100)52(22-14-15-25-73)82(34-51(95)23-24-56(96)74-27-17-20-30-102-71-61(80-40(2)84)67(111-49(11)93)64(108-46(8)90)54(114-71)37-105-43(5)87)35-59(99)77-32-57(97)76-28-18-21-31-103-72-62(81-41(3)85)68(112-50(12)94)65(109-47(9)91)55(115-72)38-106-44(6)88/h52-55,60-68,70-72H,13-38,73H2,1-12H3,(H,74,96)(H,75,98)(H,76,97)(H,77,99)(H,78,100)(H,79,83)(H,80,84)(H,81,85)/t52?,53?,54?,55?,60?,61?,62?,63-,64-,65-,66+,67+,68+,70+,71+,72+/m0/s1. The lowest BCUT2D eigenvalue weighted by atomic mass is 9.96. The van der Waals surface area contributed by atoms with Gasteiger partial charge in [0.15, 0.2) is 55.5 Å². The second kappa shape index (κ2) is 53.5. The fourth-order valence-corrected chi connectivity index (χ4v) is 12.2. The minimum Gasteiger partial charge on any atom is -0.463 e. The van der Waals surface area contributed by atoms with Gasteiger partial charge in [0, 0.05) is 135 Å². The summed E-state index contributed by atoms with van der Waals surface area (Å²) in [6, 6.07) is -4.89. The van der Waals surface area contributed by atoms with Crippen molar-refractivity contribution in [2.24, 2.45) is 5.73 Å². The molecule has 0 radical (unpaired) electrons. The summed E-state index contributed by atoms with van der Waals surface area (Å²) in [5.74, 6) is -12.6. The maximum absolute atomic E-state index is 14.3. The van der Waals surface area contributed by atoms with Crippen molar-refractivity contribution >= 4 is 107 Å². The highest BCUT2D eigenvalue weighted by Gasteiger charge is 2.54. The highest BCUT2D eigenvalue weighted by Crippen LogP contribution is 2.32. The van der Waals surface area contributed by atoms with Crippen LogP contribution in [0.15, 0.2) is 0 Å². The van der Waals surface area contributed by atoms with Crippen molar-refractivity contribution in [1.82, 2.24) is 47.4 Å². The first kappa shape index (κ1) is 99.5. The van der Waals surface area contributed by atoms with Crippen LogP contribution in [0.1, 0.15) is 160 Å². The molecule has 3 saturated heterocycles. The molecule has 3 heterocycles. The molecule has 0 aromatic heterocycles. The van der Waals surface area contributed by atoms with Crippen LogP contribution in [0.4, 0.5) is 0 Å². The molecule has 3 aliphatic heterocycles. The predicted octanol–water partition coefficient (Wildman–Crippen LogP) is -3.53. The van der Waals surface area contributed by atoms with Crippen molar-refractivity contribution in [2.45, 2.75) is 258 Å². The summed E-state index contributed by atoms with van der Waals surface area (Å²) in [7, 11) is 0. The largest absolute Gasteiger partial charge is 0.463 e. The van der Waals surface area contributed by atoms with Gasteiger partial charge in [-0.2, -0.15) is 0 Å². The minimum atomic E-state index is -1.36. The summed E-state index contributed by atoms with van der Waals surface area (Å²) < 4.78 is 84.2. The zero-order valence-corrected chi connectivity index (χ0v) is 67.1. The zero-order chi connectivity index (χ0) is 85.9. The van der Waals surface area contributed by atoms with Gasteiger partial charge in [0.2, 0.25) is 47.3 Å². The second-order valence-corrected chi connectivity index (χ2v) is 27.0. The molecule has 3 aliphatic rings. The lowest BCUT2D eigenvalue weighted by Gasteiger charge is -2.44. The fourth-order valence-electron chi connectivity index (χ4n) is 12.2. The van der Waals surface area contributed by atoms with Gasteiger partial charge in [-0.1, -0.05) is 6.42 Å². The molecule has 115 heavy (non-hydrogen) atoms. The monoisotopic (exact) mass is 1650 g/mol. The number of hydrogen-bond acceptors (Lipinski definition) is 35.